The number of carbonyl (C=O) groups is 1. The fourth-order valence-corrected chi connectivity index (χ4v) is 4.63. The molecule has 1 heterocycles. The molecule has 0 radical (unpaired) electrons. The van der Waals surface area contributed by atoms with E-state index in [4.69, 9.17) is 0 Å². The van der Waals surface area contributed by atoms with Gasteiger partial charge in [0.25, 0.3) is 5.69 Å². The van der Waals surface area contributed by atoms with Crippen molar-refractivity contribution in [1.82, 2.24) is 4.90 Å². The molecule has 1 spiro atoms. The molecule has 1 saturated heterocycles. The second-order valence-corrected chi connectivity index (χ2v) is 7.61. The highest BCUT2D eigenvalue weighted by Crippen LogP contribution is 2.43. The van der Waals surface area contributed by atoms with Crippen LogP contribution in [0.3, 0.4) is 0 Å². The molecule has 1 N–H and O–H groups in total. The highest BCUT2D eigenvalue weighted by atomic mass is 16.6. The minimum atomic E-state index is -0.458. The molecule has 0 aromatic heterocycles. The fourth-order valence-electron chi connectivity index (χ4n) is 4.63. The molecule has 0 bridgehead atoms. The van der Waals surface area contributed by atoms with E-state index in [2.05, 4.69) is 34.5 Å². The maximum Gasteiger partial charge on any atom is 0.271 e. The fraction of sp³-hybridized carbons (Fsp3) is 0.381. The van der Waals surface area contributed by atoms with E-state index in [-0.39, 0.29) is 17.0 Å². The molecule has 4 rings (SSSR count). The van der Waals surface area contributed by atoms with Crippen LogP contribution in [-0.2, 0) is 16.6 Å². The topological polar surface area (TPSA) is 75.5 Å². The van der Waals surface area contributed by atoms with Gasteiger partial charge in [0.15, 0.2) is 0 Å². The van der Waals surface area contributed by atoms with Gasteiger partial charge in [0, 0.05) is 29.8 Å². The Morgan fingerprint density at radius 1 is 1.19 bits per heavy atom. The number of nitrogens with zero attached hydrogens (tertiary/aromatic N) is 2. The van der Waals surface area contributed by atoms with Gasteiger partial charge in [-0.25, -0.2) is 0 Å². The Morgan fingerprint density at radius 3 is 2.89 bits per heavy atom. The Balaban J connectivity index is 1.41. The number of fused-ring (bicyclic) bond motifs is 2. The average Bonchev–Trinajstić information content (AvgIpc) is 3.05. The van der Waals surface area contributed by atoms with Crippen LogP contribution in [0.5, 0.6) is 0 Å². The van der Waals surface area contributed by atoms with Crippen molar-refractivity contribution in [3.05, 3.63) is 69.8 Å². The Morgan fingerprint density at radius 2 is 2.04 bits per heavy atom. The maximum atomic E-state index is 12.4. The van der Waals surface area contributed by atoms with Gasteiger partial charge in [-0.3, -0.25) is 19.8 Å². The van der Waals surface area contributed by atoms with Gasteiger partial charge >= 0.3 is 0 Å². The van der Waals surface area contributed by atoms with Crippen molar-refractivity contribution in [2.45, 2.75) is 31.1 Å². The van der Waals surface area contributed by atoms with Crippen LogP contribution in [0.25, 0.3) is 0 Å². The SMILES string of the molecule is O=C(CN1CCC2(CCCc3ccccc32)C1)Nc1cccc([N+](=O)[O-])c1. The number of rotatable bonds is 4. The highest BCUT2D eigenvalue weighted by molar-refractivity contribution is 5.92. The molecule has 2 aromatic rings. The molecule has 2 aliphatic rings. The van der Waals surface area contributed by atoms with E-state index >= 15 is 0 Å². The lowest BCUT2D eigenvalue weighted by molar-refractivity contribution is -0.384. The van der Waals surface area contributed by atoms with E-state index < -0.39 is 4.92 Å². The van der Waals surface area contributed by atoms with Gasteiger partial charge in [-0.2, -0.15) is 0 Å². The van der Waals surface area contributed by atoms with Gasteiger partial charge in [0.1, 0.15) is 0 Å². The lowest BCUT2D eigenvalue weighted by atomic mass is 9.69. The van der Waals surface area contributed by atoms with Crippen molar-refractivity contribution in [2.75, 3.05) is 25.0 Å². The summed E-state index contributed by atoms with van der Waals surface area (Å²) >= 11 is 0. The van der Waals surface area contributed by atoms with Crippen LogP contribution in [0.2, 0.25) is 0 Å². The van der Waals surface area contributed by atoms with E-state index in [0.717, 1.165) is 25.9 Å². The second kappa shape index (κ2) is 7.12. The number of non-ortho nitro benzene ring substituents is 1. The molecule has 6 nitrogen and oxygen atoms in total. The molecule has 0 saturated carbocycles. The number of nitrogens with one attached hydrogen (secondary N) is 1. The largest absolute Gasteiger partial charge is 0.325 e. The molecule has 1 aliphatic heterocycles. The second-order valence-electron chi connectivity index (χ2n) is 7.61. The van der Waals surface area contributed by atoms with Crippen LogP contribution >= 0.6 is 0 Å². The first-order chi connectivity index (χ1) is 13.1. The number of nitro groups is 1. The molecule has 1 unspecified atom stereocenters. The van der Waals surface area contributed by atoms with Gasteiger partial charge in [0.2, 0.25) is 5.91 Å². The van der Waals surface area contributed by atoms with Crippen molar-refractivity contribution < 1.29 is 9.72 Å². The number of anilines is 1. The molecule has 1 aliphatic carbocycles. The summed E-state index contributed by atoms with van der Waals surface area (Å²) in [5.74, 6) is -0.128. The van der Waals surface area contributed by atoms with Crippen molar-refractivity contribution in [3.63, 3.8) is 0 Å². The number of amides is 1. The third kappa shape index (κ3) is 3.57. The summed E-state index contributed by atoms with van der Waals surface area (Å²) in [7, 11) is 0. The zero-order chi connectivity index (χ0) is 18.9. The summed E-state index contributed by atoms with van der Waals surface area (Å²) in [5, 5.41) is 13.7. The highest BCUT2D eigenvalue weighted by Gasteiger charge is 2.42. The summed E-state index contributed by atoms with van der Waals surface area (Å²) in [6.07, 6.45) is 4.59. The van der Waals surface area contributed by atoms with Crippen molar-refractivity contribution in [1.29, 1.82) is 0 Å². The number of hydrogen-bond acceptors (Lipinski definition) is 4. The molecule has 27 heavy (non-hydrogen) atoms. The summed E-state index contributed by atoms with van der Waals surface area (Å²) in [6.45, 7) is 2.11. The van der Waals surface area contributed by atoms with E-state index in [1.54, 1.807) is 12.1 Å². The number of carbonyl (C=O) groups excluding carboxylic acids is 1. The molecular weight excluding hydrogens is 342 g/mol. The molecule has 1 amide bonds. The lowest BCUT2D eigenvalue weighted by Gasteiger charge is -2.36. The van der Waals surface area contributed by atoms with Crippen molar-refractivity contribution in [3.8, 4) is 0 Å². The van der Waals surface area contributed by atoms with Crippen LogP contribution in [0.1, 0.15) is 30.4 Å². The summed E-state index contributed by atoms with van der Waals surface area (Å²) in [6, 6.07) is 14.8. The van der Waals surface area contributed by atoms with Crippen LogP contribution in [0.15, 0.2) is 48.5 Å². The predicted octanol–water partition coefficient (Wildman–Crippen LogP) is 3.51. The predicted molar refractivity (Wildman–Crippen MR) is 104 cm³/mol. The quantitative estimate of drug-likeness (QED) is 0.664. The lowest BCUT2D eigenvalue weighted by Crippen LogP contribution is -2.37. The maximum absolute atomic E-state index is 12.4. The Labute approximate surface area is 158 Å². The Bertz CT molecular complexity index is 882. The van der Waals surface area contributed by atoms with Crippen LogP contribution < -0.4 is 5.32 Å². The number of benzene rings is 2. The molecular formula is C21H23N3O3. The van der Waals surface area contributed by atoms with Gasteiger partial charge in [0.05, 0.1) is 11.5 Å². The Hall–Kier alpha value is -2.73. The molecule has 140 valence electrons. The third-order valence-corrected chi connectivity index (χ3v) is 5.83. The molecule has 1 atom stereocenters. The first-order valence-corrected chi connectivity index (χ1v) is 9.41. The average molecular weight is 365 g/mol. The first kappa shape index (κ1) is 17.7. The molecule has 1 fully saturated rings. The third-order valence-electron chi connectivity index (χ3n) is 5.83. The number of aryl methyl sites for hydroxylation is 1. The van der Waals surface area contributed by atoms with Gasteiger partial charge in [-0.1, -0.05) is 30.3 Å². The van der Waals surface area contributed by atoms with E-state index in [1.807, 2.05) is 0 Å². The number of likely N-dealkylation sites (tertiary alicyclic amines) is 1. The first-order valence-electron chi connectivity index (χ1n) is 9.41. The summed E-state index contributed by atoms with van der Waals surface area (Å²) in [4.78, 5) is 25.1. The van der Waals surface area contributed by atoms with E-state index in [9.17, 15) is 14.9 Å². The summed E-state index contributed by atoms with van der Waals surface area (Å²) in [5.41, 5.74) is 3.52. The van der Waals surface area contributed by atoms with E-state index in [0.29, 0.717) is 12.2 Å². The van der Waals surface area contributed by atoms with Gasteiger partial charge < -0.3 is 5.32 Å². The zero-order valence-corrected chi connectivity index (χ0v) is 15.2. The minimum absolute atomic E-state index is 0.0215. The van der Waals surface area contributed by atoms with Crippen molar-refractivity contribution >= 4 is 17.3 Å². The van der Waals surface area contributed by atoms with Gasteiger partial charge in [-0.15, -0.1) is 0 Å². The normalized spacial score (nSPS) is 21.8. The number of hydrogen-bond donors (Lipinski definition) is 1. The minimum Gasteiger partial charge on any atom is -0.325 e. The standard InChI is InChI=1S/C21H23N3O3/c25-20(22-17-7-3-8-18(13-17)24(26)27)14-23-12-11-21(15-23)10-4-6-16-5-1-2-9-19(16)21/h1-3,5,7-9,13H,4,6,10-12,14-15H2,(H,22,25). The smallest absolute Gasteiger partial charge is 0.271 e. The van der Waals surface area contributed by atoms with Crippen LogP contribution in [0, 0.1) is 10.1 Å². The number of nitro benzene ring substituents is 1. The van der Waals surface area contributed by atoms with Crippen molar-refractivity contribution in [2.24, 2.45) is 0 Å². The zero-order valence-electron chi connectivity index (χ0n) is 15.2. The van der Waals surface area contributed by atoms with Crippen LogP contribution in [-0.4, -0.2) is 35.4 Å². The summed E-state index contributed by atoms with van der Waals surface area (Å²) < 4.78 is 0. The Kier molecular flexibility index (Phi) is 4.66. The molecule has 2 aromatic carbocycles. The monoisotopic (exact) mass is 365 g/mol. The van der Waals surface area contributed by atoms with Gasteiger partial charge in [-0.05, 0) is 49.4 Å². The van der Waals surface area contributed by atoms with E-state index in [1.165, 1.54) is 36.1 Å². The molecule has 6 heteroatoms. The van der Waals surface area contributed by atoms with Crippen LogP contribution in [0.4, 0.5) is 11.4 Å².